The molecule has 1 aliphatic heterocycles. The topological polar surface area (TPSA) is 137 Å². The highest BCUT2D eigenvalue weighted by molar-refractivity contribution is 8.02. The molecule has 244 valence electrons. The van der Waals surface area contributed by atoms with E-state index in [1.807, 2.05) is 85.8 Å². The fourth-order valence-corrected chi connectivity index (χ4v) is 7.30. The maximum absolute atomic E-state index is 14.1. The summed E-state index contributed by atoms with van der Waals surface area (Å²) < 4.78 is 14.4. The Kier molecular flexibility index (Phi) is 10.0. The van der Waals surface area contributed by atoms with Crippen molar-refractivity contribution in [3.8, 4) is 16.2 Å². The molecule has 1 aliphatic rings. The molecule has 3 N–H and O–H groups in total. The minimum atomic E-state index is -0.919. The van der Waals surface area contributed by atoms with E-state index in [1.165, 1.54) is 23.3 Å². The van der Waals surface area contributed by atoms with Gasteiger partial charge in [-0.3, -0.25) is 14.5 Å². The number of hydrogen-bond donors (Lipinski definition) is 2. The molecule has 2 atom stereocenters. The van der Waals surface area contributed by atoms with Gasteiger partial charge < -0.3 is 20.5 Å². The first kappa shape index (κ1) is 32.7. The van der Waals surface area contributed by atoms with Gasteiger partial charge >= 0.3 is 6.09 Å². The maximum Gasteiger partial charge on any atom is 0.407 e. The summed E-state index contributed by atoms with van der Waals surface area (Å²) in [6.07, 6.45) is 1.42. The molecule has 1 fully saturated rings. The van der Waals surface area contributed by atoms with Crippen LogP contribution in [0.2, 0.25) is 0 Å². The van der Waals surface area contributed by atoms with Gasteiger partial charge in [0.15, 0.2) is 0 Å². The van der Waals surface area contributed by atoms with Crippen LogP contribution < -0.4 is 20.7 Å². The first-order chi connectivity index (χ1) is 23.3. The molecular weight excluding hydrogens is 647 g/mol. The lowest BCUT2D eigenvalue weighted by atomic mass is 10.0. The number of nitrogens with two attached hydrogens (primary N) is 1. The maximum atomic E-state index is 14.1. The zero-order valence-electron chi connectivity index (χ0n) is 26.1. The lowest BCUT2D eigenvalue weighted by Gasteiger charge is -2.25. The summed E-state index contributed by atoms with van der Waals surface area (Å²) in [5.41, 5.74) is 10.3. The second-order valence-electron chi connectivity index (χ2n) is 11.4. The van der Waals surface area contributed by atoms with Crippen LogP contribution in [0.1, 0.15) is 45.8 Å². The van der Waals surface area contributed by atoms with Crippen LogP contribution in [-0.4, -0.2) is 38.8 Å². The number of rotatable bonds is 12. The Morgan fingerprint density at radius 2 is 1.73 bits per heavy atom. The van der Waals surface area contributed by atoms with Gasteiger partial charge in [-0.25, -0.2) is 4.79 Å². The highest BCUT2D eigenvalue weighted by Crippen LogP contribution is 2.52. The average molecular weight is 680 g/mol. The molecule has 0 radical (unpaired) electrons. The van der Waals surface area contributed by atoms with Gasteiger partial charge in [0.2, 0.25) is 11.8 Å². The Labute approximate surface area is 286 Å². The summed E-state index contributed by atoms with van der Waals surface area (Å²) in [5.74, 6) is -0.0407. The lowest BCUT2D eigenvalue weighted by Crippen LogP contribution is -2.38. The fourth-order valence-electron chi connectivity index (χ4n) is 5.27. The first-order valence-electron chi connectivity index (χ1n) is 15.2. The fraction of sp³-hybridized carbons (Fsp3) is 0.194. The number of amides is 3. The van der Waals surface area contributed by atoms with Gasteiger partial charge in [0, 0.05) is 24.2 Å². The number of carbonyl (C=O) groups excluding carboxylic acids is 3. The van der Waals surface area contributed by atoms with E-state index in [2.05, 4.69) is 14.9 Å². The van der Waals surface area contributed by atoms with Gasteiger partial charge in [-0.15, -0.1) is 16.9 Å². The molecule has 4 aromatic carbocycles. The van der Waals surface area contributed by atoms with Crippen LogP contribution in [0.15, 0.2) is 109 Å². The molecule has 5 aromatic rings. The molecule has 3 amide bonds. The molecule has 0 bridgehead atoms. The van der Waals surface area contributed by atoms with Crippen LogP contribution in [-0.2, 0) is 22.7 Å². The van der Waals surface area contributed by atoms with Crippen LogP contribution >= 0.6 is 23.3 Å². The number of primary amides is 1. The van der Waals surface area contributed by atoms with Crippen LogP contribution in [0.5, 0.6) is 5.75 Å². The number of anilines is 1. The molecule has 6 rings (SSSR count). The number of alkyl carbamates (subject to hydrolysis) is 1. The summed E-state index contributed by atoms with van der Waals surface area (Å²) in [6, 6.07) is 32.0. The summed E-state index contributed by atoms with van der Waals surface area (Å²) in [4.78, 5) is 41.3. The number of hydrogen-bond acceptors (Lipinski definition) is 9. The summed E-state index contributed by atoms with van der Waals surface area (Å²) in [6.45, 7) is 2.62. The van der Waals surface area contributed by atoms with Gasteiger partial charge in [0.1, 0.15) is 17.7 Å². The summed E-state index contributed by atoms with van der Waals surface area (Å²) in [5, 5.41) is 6.22. The summed E-state index contributed by atoms with van der Waals surface area (Å²) >= 11 is 2.79. The third-order valence-corrected chi connectivity index (χ3v) is 10.3. The molecule has 48 heavy (non-hydrogen) atoms. The lowest BCUT2D eigenvalue weighted by molar-refractivity contribution is -0.120. The first-order valence-corrected chi connectivity index (χ1v) is 16.9. The third kappa shape index (κ3) is 7.67. The van der Waals surface area contributed by atoms with Crippen molar-refractivity contribution in [3.63, 3.8) is 0 Å². The van der Waals surface area contributed by atoms with Crippen molar-refractivity contribution in [2.24, 2.45) is 5.73 Å². The van der Waals surface area contributed by atoms with Crippen molar-refractivity contribution in [1.29, 1.82) is 0 Å². The minimum Gasteiger partial charge on any atom is -0.489 e. The number of ether oxygens (including phenoxy) is 2. The highest BCUT2D eigenvalue weighted by Gasteiger charge is 2.50. The van der Waals surface area contributed by atoms with E-state index in [-0.39, 0.29) is 18.9 Å². The monoisotopic (exact) mass is 679 g/mol. The predicted molar refractivity (Wildman–Crippen MR) is 187 cm³/mol. The van der Waals surface area contributed by atoms with E-state index in [1.54, 1.807) is 35.4 Å². The van der Waals surface area contributed by atoms with Gasteiger partial charge in [-0.05, 0) is 71.0 Å². The van der Waals surface area contributed by atoms with Crippen molar-refractivity contribution in [2.75, 3.05) is 11.5 Å². The molecule has 1 aromatic heterocycles. The number of carbonyl (C=O) groups is 3. The van der Waals surface area contributed by atoms with E-state index in [0.717, 1.165) is 27.1 Å². The Morgan fingerprint density at radius 3 is 2.44 bits per heavy atom. The molecule has 0 unspecified atom stereocenters. The molecule has 0 spiro atoms. The molecule has 12 heteroatoms. The standard InChI is InChI=1S/C36H33N5O5S2/c1-36(18-19-45-35(44)38-21-24-10-12-26(13-11-24)31-22-39-40-48-31)34(43)41(29-9-5-8-28(20-29)32(37)42)33(47-36)27-14-16-30(17-15-27)46-23-25-6-3-2-4-7-25/h2-17,20,22,33H,18-19,21,23H2,1H3,(H2,37,42)(H,38,44)/t33-,36+/m0/s1. The Balaban J connectivity index is 1.11. The largest absolute Gasteiger partial charge is 0.489 e. The number of thioether (sulfide) groups is 1. The number of benzene rings is 4. The second-order valence-corrected chi connectivity index (χ2v) is 13.7. The van der Waals surface area contributed by atoms with Crippen molar-refractivity contribution < 1.29 is 23.9 Å². The van der Waals surface area contributed by atoms with Crippen LogP contribution in [0.25, 0.3) is 10.4 Å². The molecule has 0 aliphatic carbocycles. The molecular formula is C36H33N5O5S2. The van der Waals surface area contributed by atoms with Crippen molar-refractivity contribution >= 4 is 46.9 Å². The van der Waals surface area contributed by atoms with Gasteiger partial charge in [0.25, 0.3) is 0 Å². The Morgan fingerprint density at radius 1 is 0.958 bits per heavy atom. The van der Waals surface area contributed by atoms with Crippen molar-refractivity contribution in [1.82, 2.24) is 14.9 Å². The third-order valence-electron chi connectivity index (χ3n) is 7.95. The zero-order chi connectivity index (χ0) is 33.5. The van der Waals surface area contributed by atoms with Crippen LogP contribution in [0.3, 0.4) is 0 Å². The van der Waals surface area contributed by atoms with Crippen molar-refractivity contribution in [2.45, 2.75) is 36.6 Å². The smallest absolute Gasteiger partial charge is 0.407 e. The number of nitrogens with one attached hydrogen (secondary N) is 1. The Bertz CT molecular complexity index is 1870. The van der Waals surface area contributed by atoms with E-state index in [0.29, 0.717) is 30.2 Å². The van der Waals surface area contributed by atoms with Gasteiger partial charge in [-0.1, -0.05) is 77.3 Å². The van der Waals surface area contributed by atoms with Gasteiger partial charge in [-0.2, -0.15) is 0 Å². The normalized spacial score (nSPS) is 17.2. The van der Waals surface area contributed by atoms with E-state index < -0.39 is 22.1 Å². The predicted octanol–water partition coefficient (Wildman–Crippen LogP) is 6.74. The van der Waals surface area contributed by atoms with E-state index >= 15 is 0 Å². The van der Waals surface area contributed by atoms with Crippen LogP contribution in [0, 0.1) is 0 Å². The Hall–Kier alpha value is -5.20. The quantitative estimate of drug-likeness (QED) is 0.148. The van der Waals surface area contributed by atoms with Crippen LogP contribution in [0.4, 0.5) is 10.5 Å². The number of nitrogens with zero attached hydrogens (tertiary/aromatic N) is 3. The van der Waals surface area contributed by atoms with Gasteiger partial charge in [0.05, 0.1) is 22.4 Å². The zero-order valence-corrected chi connectivity index (χ0v) is 27.7. The molecule has 0 saturated carbocycles. The SMILES string of the molecule is C[C@]1(CCOC(=O)NCc2ccc(-c3cnns3)cc2)S[C@@H](c2ccc(OCc3ccccc3)cc2)N(c2cccc(C(N)=O)c2)C1=O. The summed E-state index contributed by atoms with van der Waals surface area (Å²) in [7, 11) is 0. The minimum absolute atomic E-state index is 0.0343. The van der Waals surface area contributed by atoms with Crippen molar-refractivity contribution in [3.05, 3.63) is 132 Å². The molecule has 10 nitrogen and oxygen atoms in total. The molecule has 1 saturated heterocycles. The average Bonchev–Trinajstić information content (AvgIpc) is 3.74. The van der Waals surface area contributed by atoms with E-state index in [4.69, 9.17) is 15.2 Å². The highest BCUT2D eigenvalue weighted by atomic mass is 32.2. The number of aromatic nitrogens is 2. The second kappa shape index (κ2) is 14.7. The van der Waals surface area contributed by atoms with E-state index in [9.17, 15) is 14.4 Å². The molecule has 2 heterocycles.